The van der Waals surface area contributed by atoms with Crippen molar-refractivity contribution >= 4 is 27.5 Å². The average molecular weight is 335 g/mol. The van der Waals surface area contributed by atoms with E-state index in [1.165, 1.54) is 0 Å². The molecule has 19 heavy (non-hydrogen) atoms. The highest BCUT2D eigenvalue weighted by atomic mass is 79.9. The van der Waals surface area contributed by atoms with Crippen LogP contribution >= 0.6 is 15.9 Å². The second-order valence-corrected chi connectivity index (χ2v) is 5.55. The van der Waals surface area contributed by atoms with E-state index in [4.69, 9.17) is 0 Å². The molecule has 0 unspecified atom stereocenters. The van der Waals surface area contributed by atoms with Gasteiger partial charge in [0.25, 0.3) is 0 Å². The van der Waals surface area contributed by atoms with Crippen molar-refractivity contribution in [1.29, 1.82) is 0 Å². The van der Waals surface area contributed by atoms with E-state index in [2.05, 4.69) is 40.4 Å². The summed E-state index contributed by atoms with van der Waals surface area (Å²) in [4.78, 5) is 11.5. The summed E-state index contributed by atoms with van der Waals surface area (Å²) in [6.07, 6.45) is 0.868. The maximum atomic E-state index is 13.5. The zero-order valence-electron chi connectivity index (χ0n) is 10.9. The minimum absolute atomic E-state index is 0.159. The number of nitrogens with one attached hydrogen (secondary N) is 2. The van der Waals surface area contributed by atoms with Gasteiger partial charge in [-0.05, 0) is 24.5 Å². The first-order chi connectivity index (χ1) is 8.90. The monoisotopic (exact) mass is 334 g/mol. The lowest BCUT2D eigenvalue weighted by atomic mass is 10.1. The quantitative estimate of drug-likeness (QED) is 0.838. The van der Waals surface area contributed by atoms with Gasteiger partial charge in [-0.15, -0.1) is 0 Å². The molecule has 0 bridgehead atoms. The van der Waals surface area contributed by atoms with Gasteiger partial charge < -0.3 is 10.6 Å². The molecule has 0 heterocycles. The standard InChI is InChI=1S/C13H17BrF2N2O/c1-8(2)3-4-17-12(19)7-18-13-10(15)5-9(14)6-11(13)16/h5-6,8,18H,3-4,7H2,1-2H3,(H,17,19). The van der Waals surface area contributed by atoms with Gasteiger partial charge in [0.2, 0.25) is 5.91 Å². The molecule has 0 aliphatic heterocycles. The van der Waals surface area contributed by atoms with Crippen LogP contribution in [0, 0.1) is 17.6 Å². The van der Waals surface area contributed by atoms with Crippen molar-refractivity contribution in [2.75, 3.05) is 18.4 Å². The summed E-state index contributed by atoms with van der Waals surface area (Å²) in [5, 5.41) is 5.14. The third-order valence-corrected chi connectivity index (χ3v) is 2.93. The van der Waals surface area contributed by atoms with E-state index < -0.39 is 11.6 Å². The number of hydrogen-bond donors (Lipinski definition) is 2. The summed E-state index contributed by atoms with van der Waals surface area (Å²) in [5.41, 5.74) is -0.290. The van der Waals surface area contributed by atoms with Crippen molar-refractivity contribution in [3.05, 3.63) is 28.2 Å². The highest BCUT2D eigenvalue weighted by Crippen LogP contribution is 2.23. The zero-order chi connectivity index (χ0) is 14.4. The van der Waals surface area contributed by atoms with E-state index in [1.807, 2.05) is 0 Å². The van der Waals surface area contributed by atoms with Gasteiger partial charge in [-0.3, -0.25) is 4.79 Å². The third-order valence-electron chi connectivity index (χ3n) is 2.48. The van der Waals surface area contributed by atoms with Gasteiger partial charge >= 0.3 is 0 Å². The second-order valence-electron chi connectivity index (χ2n) is 4.63. The summed E-state index contributed by atoms with van der Waals surface area (Å²) >= 11 is 2.99. The summed E-state index contributed by atoms with van der Waals surface area (Å²) in [5.74, 6) is -1.26. The molecule has 0 fully saturated rings. The predicted octanol–water partition coefficient (Wildman–Crippen LogP) is 3.30. The van der Waals surface area contributed by atoms with Crippen LogP contribution in [-0.2, 0) is 4.79 Å². The number of carbonyl (C=O) groups excluding carboxylic acids is 1. The largest absolute Gasteiger partial charge is 0.371 e. The van der Waals surface area contributed by atoms with Crippen LogP contribution in [0.5, 0.6) is 0 Å². The molecule has 106 valence electrons. The molecule has 0 saturated heterocycles. The minimum Gasteiger partial charge on any atom is -0.371 e. The Morgan fingerprint density at radius 1 is 1.32 bits per heavy atom. The van der Waals surface area contributed by atoms with E-state index in [0.717, 1.165) is 18.6 Å². The molecule has 1 aromatic rings. The first-order valence-electron chi connectivity index (χ1n) is 6.05. The maximum Gasteiger partial charge on any atom is 0.239 e. The number of carbonyl (C=O) groups is 1. The van der Waals surface area contributed by atoms with Crippen molar-refractivity contribution in [3.63, 3.8) is 0 Å². The Balaban J connectivity index is 2.46. The summed E-state index contributed by atoms with van der Waals surface area (Å²) < 4.78 is 27.2. The molecule has 3 nitrogen and oxygen atoms in total. The Hall–Kier alpha value is -1.17. The Bertz CT molecular complexity index is 429. The van der Waals surface area contributed by atoms with Crippen molar-refractivity contribution < 1.29 is 13.6 Å². The molecule has 1 amide bonds. The van der Waals surface area contributed by atoms with E-state index >= 15 is 0 Å². The SMILES string of the molecule is CC(C)CCNC(=O)CNc1c(F)cc(Br)cc1F. The molecule has 0 spiro atoms. The lowest BCUT2D eigenvalue weighted by Gasteiger charge is -2.10. The van der Waals surface area contributed by atoms with Crippen molar-refractivity contribution in [2.24, 2.45) is 5.92 Å². The Morgan fingerprint density at radius 2 is 1.89 bits per heavy atom. The fraction of sp³-hybridized carbons (Fsp3) is 0.462. The molecule has 0 aliphatic rings. The summed E-state index contributed by atoms with van der Waals surface area (Å²) in [7, 11) is 0. The third kappa shape index (κ3) is 5.55. The van der Waals surface area contributed by atoms with Crippen LogP contribution in [0.15, 0.2) is 16.6 Å². The molecule has 0 saturated carbocycles. The predicted molar refractivity (Wildman–Crippen MR) is 75.0 cm³/mol. The van der Waals surface area contributed by atoms with Gasteiger partial charge in [0.05, 0.1) is 6.54 Å². The molecular weight excluding hydrogens is 318 g/mol. The summed E-state index contributed by atoms with van der Waals surface area (Å²) in [6.45, 7) is 4.50. The van der Waals surface area contributed by atoms with Gasteiger partial charge in [0, 0.05) is 11.0 Å². The van der Waals surface area contributed by atoms with Crippen LogP contribution in [-0.4, -0.2) is 19.0 Å². The number of halogens is 3. The lowest BCUT2D eigenvalue weighted by Crippen LogP contribution is -2.31. The molecule has 1 aromatic carbocycles. The van der Waals surface area contributed by atoms with Crippen LogP contribution in [0.4, 0.5) is 14.5 Å². The number of benzene rings is 1. The number of hydrogen-bond acceptors (Lipinski definition) is 2. The number of rotatable bonds is 6. The normalized spacial score (nSPS) is 10.6. The Morgan fingerprint density at radius 3 is 2.42 bits per heavy atom. The van der Waals surface area contributed by atoms with E-state index in [1.54, 1.807) is 0 Å². The van der Waals surface area contributed by atoms with Crippen molar-refractivity contribution in [2.45, 2.75) is 20.3 Å². The molecule has 2 N–H and O–H groups in total. The van der Waals surface area contributed by atoms with Crippen LogP contribution in [0.3, 0.4) is 0 Å². The fourth-order valence-corrected chi connectivity index (χ4v) is 1.84. The van der Waals surface area contributed by atoms with Crippen molar-refractivity contribution in [1.82, 2.24) is 5.32 Å². The van der Waals surface area contributed by atoms with Gasteiger partial charge in [0.1, 0.15) is 17.3 Å². The molecular formula is C13H17BrF2N2O. The van der Waals surface area contributed by atoms with Crippen molar-refractivity contribution in [3.8, 4) is 0 Å². The van der Waals surface area contributed by atoms with Gasteiger partial charge in [-0.2, -0.15) is 0 Å². The molecule has 0 aliphatic carbocycles. The van der Waals surface area contributed by atoms with Gasteiger partial charge in [-0.1, -0.05) is 29.8 Å². The average Bonchev–Trinajstić information content (AvgIpc) is 2.26. The highest BCUT2D eigenvalue weighted by molar-refractivity contribution is 9.10. The molecule has 6 heteroatoms. The maximum absolute atomic E-state index is 13.5. The smallest absolute Gasteiger partial charge is 0.239 e. The van der Waals surface area contributed by atoms with Crippen LogP contribution < -0.4 is 10.6 Å². The van der Waals surface area contributed by atoms with Crippen LogP contribution in [0.1, 0.15) is 20.3 Å². The first-order valence-corrected chi connectivity index (χ1v) is 6.84. The summed E-state index contributed by atoms with van der Waals surface area (Å²) in [6, 6.07) is 2.28. The zero-order valence-corrected chi connectivity index (χ0v) is 12.5. The first kappa shape index (κ1) is 15.9. The molecule has 0 radical (unpaired) electrons. The fourth-order valence-electron chi connectivity index (χ4n) is 1.44. The van der Waals surface area contributed by atoms with E-state index in [9.17, 15) is 13.6 Å². The Kier molecular flexibility index (Phi) is 6.21. The van der Waals surface area contributed by atoms with Gasteiger partial charge in [0.15, 0.2) is 0 Å². The molecule has 0 atom stereocenters. The number of amides is 1. The van der Waals surface area contributed by atoms with Crippen LogP contribution in [0.2, 0.25) is 0 Å². The molecule has 1 rings (SSSR count). The number of anilines is 1. The second kappa shape index (κ2) is 7.43. The molecule has 0 aromatic heterocycles. The van der Waals surface area contributed by atoms with Crippen LogP contribution in [0.25, 0.3) is 0 Å². The topological polar surface area (TPSA) is 41.1 Å². The van der Waals surface area contributed by atoms with E-state index in [-0.39, 0.29) is 18.1 Å². The van der Waals surface area contributed by atoms with E-state index in [0.29, 0.717) is 16.9 Å². The highest BCUT2D eigenvalue weighted by Gasteiger charge is 2.11. The Labute approximate surface area is 119 Å². The minimum atomic E-state index is -0.734. The van der Waals surface area contributed by atoms with Gasteiger partial charge in [-0.25, -0.2) is 8.78 Å². The lowest BCUT2D eigenvalue weighted by molar-refractivity contribution is -0.119.